The zero-order valence-electron chi connectivity index (χ0n) is 6.82. The molecule has 2 nitrogen and oxygen atoms in total. The molecule has 0 aliphatic heterocycles. The van der Waals surface area contributed by atoms with E-state index in [4.69, 9.17) is 10.4 Å². The molecule has 2 aromatic rings. The molecule has 1 N–H and O–H groups in total. The van der Waals surface area contributed by atoms with Crippen LogP contribution in [0.5, 0.6) is 0 Å². The number of hydrogen-bond acceptors (Lipinski definition) is 3. The predicted molar refractivity (Wildman–Crippen MR) is 52.5 cm³/mol. The smallest absolute Gasteiger partial charge is 0.0992 e. The van der Waals surface area contributed by atoms with Crippen molar-refractivity contribution < 1.29 is 5.11 Å². The van der Waals surface area contributed by atoms with Gasteiger partial charge in [0, 0.05) is 9.58 Å². The summed E-state index contributed by atoms with van der Waals surface area (Å²) in [6, 6.07) is 9.58. The van der Waals surface area contributed by atoms with Gasteiger partial charge in [-0.25, -0.2) is 0 Å². The van der Waals surface area contributed by atoms with Gasteiger partial charge in [0.1, 0.15) is 0 Å². The van der Waals surface area contributed by atoms with Crippen LogP contribution in [0.4, 0.5) is 0 Å². The number of aliphatic hydroxyl groups is 1. The van der Waals surface area contributed by atoms with E-state index in [9.17, 15) is 0 Å². The molecule has 0 radical (unpaired) electrons. The molecule has 0 bridgehead atoms. The first kappa shape index (κ1) is 8.24. The van der Waals surface area contributed by atoms with E-state index in [2.05, 4.69) is 6.07 Å². The van der Waals surface area contributed by atoms with Gasteiger partial charge in [0.05, 0.1) is 18.2 Å². The van der Waals surface area contributed by atoms with Crippen LogP contribution in [0.1, 0.15) is 10.4 Å². The van der Waals surface area contributed by atoms with Gasteiger partial charge in [-0.2, -0.15) is 5.26 Å². The van der Waals surface area contributed by atoms with Crippen molar-refractivity contribution in [3.05, 3.63) is 34.7 Å². The SMILES string of the molecule is N#Cc1ccc2cc(CO)sc2c1. The van der Waals surface area contributed by atoms with Crippen LogP contribution in [0.15, 0.2) is 24.3 Å². The molecule has 1 aromatic carbocycles. The van der Waals surface area contributed by atoms with Crippen LogP contribution in [-0.2, 0) is 6.61 Å². The molecule has 0 spiro atoms. The van der Waals surface area contributed by atoms with Crippen molar-refractivity contribution in [1.82, 2.24) is 0 Å². The quantitative estimate of drug-likeness (QED) is 0.747. The molecular formula is C10H7NOS. The largest absolute Gasteiger partial charge is 0.391 e. The standard InChI is InChI=1S/C10H7NOS/c11-5-7-1-2-8-4-9(6-12)13-10(8)3-7/h1-4,12H,6H2. The Balaban J connectivity index is 2.65. The fourth-order valence-corrected chi connectivity index (χ4v) is 2.20. The number of nitrogens with zero attached hydrogens (tertiary/aromatic N) is 1. The van der Waals surface area contributed by atoms with Crippen molar-refractivity contribution in [2.45, 2.75) is 6.61 Å². The number of benzene rings is 1. The first-order valence-corrected chi connectivity index (χ1v) is 4.68. The average molecular weight is 189 g/mol. The van der Waals surface area contributed by atoms with Crippen molar-refractivity contribution in [2.75, 3.05) is 0 Å². The highest BCUT2D eigenvalue weighted by Crippen LogP contribution is 2.26. The van der Waals surface area contributed by atoms with Gasteiger partial charge in [-0.15, -0.1) is 11.3 Å². The van der Waals surface area contributed by atoms with E-state index in [0.717, 1.165) is 15.0 Å². The zero-order chi connectivity index (χ0) is 9.26. The zero-order valence-corrected chi connectivity index (χ0v) is 7.64. The van der Waals surface area contributed by atoms with Crippen molar-refractivity contribution in [2.24, 2.45) is 0 Å². The minimum atomic E-state index is 0.0707. The minimum Gasteiger partial charge on any atom is -0.391 e. The highest BCUT2D eigenvalue weighted by atomic mass is 32.1. The van der Waals surface area contributed by atoms with Crippen molar-refractivity contribution >= 4 is 21.4 Å². The Morgan fingerprint density at radius 2 is 2.23 bits per heavy atom. The normalized spacial score (nSPS) is 10.2. The van der Waals surface area contributed by atoms with Crippen LogP contribution in [0, 0.1) is 11.3 Å². The third kappa shape index (κ3) is 1.42. The topological polar surface area (TPSA) is 44.0 Å². The molecule has 0 unspecified atom stereocenters. The predicted octanol–water partition coefficient (Wildman–Crippen LogP) is 2.27. The van der Waals surface area contributed by atoms with E-state index in [1.807, 2.05) is 18.2 Å². The number of fused-ring (bicyclic) bond motifs is 1. The molecule has 0 saturated carbocycles. The molecule has 13 heavy (non-hydrogen) atoms. The second-order valence-corrected chi connectivity index (χ2v) is 3.90. The third-order valence-corrected chi connectivity index (χ3v) is 2.94. The van der Waals surface area contributed by atoms with E-state index in [1.165, 1.54) is 11.3 Å². The lowest BCUT2D eigenvalue weighted by molar-refractivity contribution is 0.285. The molecule has 3 heteroatoms. The summed E-state index contributed by atoms with van der Waals surface area (Å²) in [4.78, 5) is 0.935. The molecule has 0 amide bonds. The first-order chi connectivity index (χ1) is 6.33. The summed E-state index contributed by atoms with van der Waals surface area (Å²) >= 11 is 1.53. The number of aliphatic hydroxyl groups excluding tert-OH is 1. The highest BCUT2D eigenvalue weighted by molar-refractivity contribution is 7.19. The minimum absolute atomic E-state index is 0.0707. The van der Waals surface area contributed by atoms with E-state index in [1.54, 1.807) is 6.07 Å². The van der Waals surface area contributed by atoms with Crippen molar-refractivity contribution in [3.63, 3.8) is 0 Å². The molecule has 0 aliphatic rings. The summed E-state index contributed by atoms with van der Waals surface area (Å²) in [6.07, 6.45) is 0. The molecule has 1 heterocycles. The first-order valence-electron chi connectivity index (χ1n) is 3.87. The Labute approximate surface area is 79.7 Å². The number of nitriles is 1. The lowest BCUT2D eigenvalue weighted by atomic mass is 10.2. The van der Waals surface area contributed by atoms with Crippen molar-refractivity contribution in [1.29, 1.82) is 5.26 Å². The van der Waals surface area contributed by atoms with Crippen LogP contribution >= 0.6 is 11.3 Å². The number of hydrogen-bond donors (Lipinski definition) is 1. The Morgan fingerprint density at radius 1 is 1.38 bits per heavy atom. The molecule has 2 rings (SSSR count). The number of rotatable bonds is 1. The summed E-state index contributed by atoms with van der Waals surface area (Å²) in [7, 11) is 0. The summed E-state index contributed by atoms with van der Waals surface area (Å²) in [5, 5.41) is 18.7. The summed E-state index contributed by atoms with van der Waals surface area (Å²) in [5.41, 5.74) is 0.666. The molecular weight excluding hydrogens is 182 g/mol. The second-order valence-electron chi connectivity index (χ2n) is 2.74. The van der Waals surface area contributed by atoms with Gasteiger partial charge in [0.25, 0.3) is 0 Å². The molecule has 0 aliphatic carbocycles. The maximum Gasteiger partial charge on any atom is 0.0992 e. The second kappa shape index (κ2) is 3.17. The van der Waals surface area contributed by atoms with Gasteiger partial charge in [-0.1, -0.05) is 6.07 Å². The van der Waals surface area contributed by atoms with Gasteiger partial charge < -0.3 is 5.11 Å². The van der Waals surface area contributed by atoms with E-state index < -0.39 is 0 Å². The molecule has 0 fully saturated rings. The average Bonchev–Trinajstić information content (AvgIpc) is 2.58. The molecule has 64 valence electrons. The Hall–Kier alpha value is -1.37. The maximum absolute atomic E-state index is 8.91. The van der Waals surface area contributed by atoms with Crippen LogP contribution < -0.4 is 0 Å². The lowest BCUT2D eigenvalue weighted by Crippen LogP contribution is -1.70. The molecule has 0 saturated heterocycles. The van der Waals surface area contributed by atoms with Gasteiger partial charge in [-0.3, -0.25) is 0 Å². The third-order valence-electron chi connectivity index (χ3n) is 1.86. The highest BCUT2D eigenvalue weighted by Gasteiger charge is 2.01. The van der Waals surface area contributed by atoms with E-state index in [-0.39, 0.29) is 6.61 Å². The van der Waals surface area contributed by atoms with Gasteiger partial charge in [0.15, 0.2) is 0 Å². The molecule has 0 atom stereocenters. The van der Waals surface area contributed by atoms with Crippen LogP contribution in [0.2, 0.25) is 0 Å². The lowest BCUT2D eigenvalue weighted by Gasteiger charge is -1.87. The summed E-state index contributed by atoms with van der Waals surface area (Å²) in [5.74, 6) is 0. The van der Waals surface area contributed by atoms with Crippen LogP contribution in [0.3, 0.4) is 0 Å². The van der Waals surface area contributed by atoms with Gasteiger partial charge in [0.2, 0.25) is 0 Å². The summed E-state index contributed by atoms with van der Waals surface area (Å²) in [6.45, 7) is 0.0707. The fraction of sp³-hybridized carbons (Fsp3) is 0.100. The van der Waals surface area contributed by atoms with Crippen molar-refractivity contribution in [3.8, 4) is 6.07 Å². The fourth-order valence-electron chi connectivity index (χ4n) is 1.23. The Bertz CT molecular complexity index is 481. The Kier molecular flexibility index (Phi) is 2.01. The Morgan fingerprint density at radius 3 is 2.92 bits per heavy atom. The number of thiophene rings is 1. The van der Waals surface area contributed by atoms with Crippen LogP contribution in [-0.4, -0.2) is 5.11 Å². The summed E-state index contributed by atoms with van der Waals surface area (Å²) < 4.78 is 1.06. The van der Waals surface area contributed by atoms with Crippen LogP contribution in [0.25, 0.3) is 10.1 Å². The maximum atomic E-state index is 8.91. The van der Waals surface area contributed by atoms with Gasteiger partial charge >= 0.3 is 0 Å². The van der Waals surface area contributed by atoms with E-state index in [0.29, 0.717) is 5.56 Å². The van der Waals surface area contributed by atoms with Gasteiger partial charge in [-0.05, 0) is 23.6 Å². The molecule has 1 aromatic heterocycles. The van der Waals surface area contributed by atoms with E-state index >= 15 is 0 Å². The monoisotopic (exact) mass is 189 g/mol.